The molecule has 19 heavy (non-hydrogen) atoms. The Hall–Kier alpha value is -1.39. The van der Waals surface area contributed by atoms with Gasteiger partial charge < -0.3 is 5.32 Å². The van der Waals surface area contributed by atoms with Crippen molar-refractivity contribution in [2.45, 2.75) is 26.3 Å². The molecule has 2 heterocycles. The summed E-state index contributed by atoms with van der Waals surface area (Å²) in [7, 11) is 3.83. The summed E-state index contributed by atoms with van der Waals surface area (Å²) in [5, 5.41) is 8.42. The molecule has 2 aromatic rings. The monoisotopic (exact) mass is 278 g/mol. The molecule has 5 heteroatoms. The molecule has 0 aliphatic carbocycles. The highest BCUT2D eigenvalue weighted by Crippen LogP contribution is 2.26. The largest absolute Gasteiger partial charge is 0.313 e. The molecule has 0 aliphatic heterocycles. The first-order valence-corrected chi connectivity index (χ1v) is 6.68. The zero-order valence-electron chi connectivity index (χ0n) is 11.7. The zero-order chi connectivity index (χ0) is 14.0. The van der Waals surface area contributed by atoms with Gasteiger partial charge in [0.2, 0.25) is 0 Å². The van der Waals surface area contributed by atoms with E-state index in [1.54, 1.807) is 4.68 Å². The van der Waals surface area contributed by atoms with Crippen molar-refractivity contribution >= 4 is 11.6 Å². The summed E-state index contributed by atoms with van der Waals surface area (Å²) in [5.41, 5.74) is 4.51. The Morgan fingerprint density at radius 2 is 2.16 bits per heavy atom. The Balaban J connectivity index is 2.32. The molecule has 102 valence electrons. The molecule has 0 radical (unpaired) electrons. The van der Waals surface area contributed by atoms with Crippen molar-refractivity contribution in [3.8, 4) is 0 Å². The molecule has 1 unspecified atom stereocenters. The summed E-state index contributed by atoms with van der Waals surface area (Å²) >= 11 is 6.30. The summed E-state index contributed by atoms with van der Waals surface area (Å²) in [6, 6.07) is 2.26. The number of aromatic nitrogens is 3. The van der Waals surface area contributed by atoms with Gasteiger partial charge in [-0.25, -0.2) is 0 Å². The smallest absolute Gasteiger partial charge is 0.130 e. The fourth-order valence-electron chi connectivity index (χ4n) is 2.35. The van der Waals surface area contributed by atoms with Crippen LogP contribution in [0.3, 0.4) is 0 Å². The van der Waals surface area contributed by atoms with Gasteiger partial charge in [-0.05, 0) is 44.5 Å². The minimum absolute atomic E-state index is 0.211. The van der Waals surface area contributed by atoms with Gasteiger partial charge in [-0.3, -0.25) is 9.67 Å². The molecule has 0 aromatic carbocycles. The number of likely N-dealkylation sites (N-methyl/N-ethyl adjacent to an activating group) is 1. The van der Waals surface area contributed by atoms with Crippen molar-refractivity contribution in [3.63, 3.8) is 0 Å². The lowest BCUT2D eigenvalue weighted by atomic mass is 9.97. The lowest BCUT2D eigenvalue weighted by molar-refractivity contribution is 0.586. The highest BCUT2D eigenvalue weighted by atomic mass is 35.5. The Bertz CT molecular complexity index is 577. The quantitative estimate of drug-likeness (QED) is 0.935. The highest BCUT2D eigenvalue weighted by Gasteiger charge is 2.18. The van der Waals surface area contributed by atoms with E-state index < -0.39 is 0 Å². The van der Waals surface area contributed by atoms with Gasteiger partial charge in [-0.1, -0.05) is 11.6 Å². The van der Waals surface area contributed by atoms with Crippen LogP contribution in [0.2, 0.25) is 5.15 Å². The number of hydrogen-bond donors (Lipinski definition) is 1. The topological polar surface area (TPSA) is 42.7 Å². The third kappa shape index (κ3) is 2.80. The van der Waals surface area contributed by atoms with Crippen molar-refractivity contribution in [2.75, 3.05) is 7.05 Å². The average molecular weight is 279 g/mol. The Morgan fingerprint density at radius 3 is 2.68 bits per heavy atom. The van der Waals surface area contributed by atoms with Gasteiger partial charge in [0.05, 0.1) is 5.69 Å². The molecule has 0 spiro atoms. The molecule has 4 nitrogen and oxygen atoms in total. The average Bonchev–Trinajstić information content (AvgIpc) is 2.63. The van der Waals surface area contributed by atoms with Crippen LogP contribution in [0.5, 0.6) is 0 Å². The van der Waals surface area contributed by atoms with E-state index in [0.29, 0.717) is 5.15 Å². The van der Waals surface area contributed by atoms with Crippen molar-refractivity contribution in [2.24, 2.45) is 7.05 Å². The predicted molar refractivity (Wildman–Crippen MR) is 77.4 cm³/mol. The first-order chi connectivity index (χ1) is 9.04. The summed E-state index contributed by atoms with van der Waals surface area (Å²) < 4.78 is 1.72. The zero-order valence-corrected chi connectivity index (χ0v) is 12.5. The molecular weight excluding hydrogens is 260 g/mol. The summed E-state index contributed by atoms with van der Waals surface area (Å²) in [6.07, 6.45) is 4.53. The lowest BCUT2D eigenvalue weighted by Gasteiger charge is -2.18. The minimum atomic E-state index is 0.211. The second-order valence-corrected chi connectivity index (χ2v) is 5.11. The maximum Gasteiger partial charge on any atom is 0.130 e. The first kappa shape index (κ1) is 14.0. The summed E-state index contributed by atoms with van der Waals surface area (Å²) in [4.78, 5) is 4.14. The molecule has 2 rings (SSSR count). The van der Waals surface area contributed by atoms with E-state index >= 15 is 0 Å². The van der Waals surface area contributed by atoms with Gasteiger partial charge in [0.25, 0.3) is 0 Å². The van der Waals surface area contributed by atoms with E-state index in [1.807, 2.05) is 33.4 Å². The van der Waals surface area contributed by atoms with E-state index in [-0.39, 0.29) is 6.04 Å². The van der Waals surface area contributed by atoms with E-state index in [2.05, 4.69) is 28.4 Å². The van der Waals surface area contributed by atoms with Crippen LogP contribution in [0.1, 0.15) is 28.4 Å². The Labute approximate surface area is 118 Å². The Kier molecular flexibility index (Phi) is 4.22. The third-order valence-electron chi connectivity index (χ3n) is 3.47. The molecule has 0 bridgehead atoms. The van der Waals surface area contributed by atoms with Crippen molar-refractivity contribution < 1.29 is 0 Å². The van der Waals surface area contributed by atoms with Crippen LogP contribution < -0.4 is 5.32 Å². The van der Waals surface area contributed by atoms with Gasteiger partial charge in [0.1, 0.15) is 5.15 Å². The van der Waals surface area contributed by atoms with Crippen molar-refractivity contribution in [1.29, 1.82) is 0 Å². The van der Waals surface area contributed by atoms with E-state index in [9.17, 15) is 0 Å². The second kappa shape index (κ2) is 5.72. The predicted octanol–water partition coefficient (Wildman–Crippen LogP) is 2.59. The van der Waals surface area contributed by atoms with Crippen LogP contribution in [0.15, 0.2) is 18.5 Å². The van der Waals surface area contributed by atoms with E-state index in [4.69, 9.17) is 11.6 Å². The third-order valence-corrected chi connectivity index (χ3v) is 3.94. The Morgan fingerprint density at radius 1 is 1.42 bits per heavy atom. The van der Waals surface area contributed by atoms with Gasteiger partial charge in [0.15, 0.2) is 0 Å². The van der Waals surface area contributed by atoms with Crippen LogP contribution in [0.4, 0.5) is 0 Å². The van der Waals surface area contributed by atoms with Crippen LogP contribution in [-0.2, 0) is 13.5 Å². The second-order valence-electron chi connectivity index (χ2n) is 4.76. The van der Waals surface area contributed by atoms with Crippen molar-refractivity contribution in [3.05, 3.63) is 46.0 Å². The molecule has 0 amide bonds. The van der Waals surface area contributed by atoms with Gasteiger partial charge in [0, 0.05) is 31.0 Å². The highest BCUT2D eigenvalue weighted by molar-refractivity contribution is 6.30. The van der Waals surface area contributed by atoms with Crippen LogP contribution in [-0.4, -0.2) is 21.8 Å². The van der Waals surface area contributed by atoms with Gasteiger partial charge in [-0.15, -0.1) is 0 Å². The number of halogens is 1. The molecule has 1 N–H and O–H groups in total. The van der Waals surface area contributed by atoms with E-state index in [0.717, 1.165) is 17.7 Å². The van der Waals surface area contributed by atoms with Crippen molar-refractivity contribution in [1.82, 2.24) is 20.1 Å². The molecule has 0 saturated carbocycles. The van der Waals surface area contributed by atoms with E-state index in [1.165, 1.54) is 11.1 Å². The molecule has 2 aromatic heterocycles. The molecule has 0 saturated heterocycles. The number of hydrogen-bond acceptors (Lipinski definition) is 3. The van der Waals surface area contributed by atoms with Crippen LogP contribution >= 0.6 is 11.6 Å². The maximum atomic E-state index is 6.30. The number of rotatable bonds is 4. The fraction of sp³-hybridized carbons (Fsp3) is 0.429. The normalized spacial score (nSPS) is 12.7. The molecule has 0 aliphatic rings. The first-order valence-electron chi connectivity index (χ1n) is 6.30. The number of nitrogens with one attached hydrogen (secondary N) is 1. The lowest BCUT2D eigenvalue weighted by Crippen LogP contribution is -2.20. The van der Waals surface area contributed by atoms with Crippen LogP contribution in [0, 0.1) is 13.8 Å². The van der Waals surface area contributed by atoms with Crippen LogP contribution in [0.25, 0.3) is 0 Å². The number of pyridine rings is 1. The number of nitrogens with zero attached hydrogens (tertiary/aromatic N) is 3. The summed E-state index contributed by atoms with van der Waals surface area (Å²) in [5.74, 6) is 0. The molecule has 1 atom stereocenters. The number of aryl methyl sites for hydroxylation is 3. The molecule has 0 fully saturated rings. The minimum Gasteiger partial charge on any atom is -0.313 e. The SMILES string of the molecule is CNC(Cc1c(C)nn(C)c1Cl)c1ccncc1C. The van der Waals surface area contributed by atoms with Gasteiger partial charge in [-0.2, -0.15) is 5.10 Å². The summed E-state index contributed by atoms with van der Waals surface area (Å²) in [6.45, 7) is 4.07. The maximum absolute atomic E-state index is 6.30. The van der Waals surface area contributed by atoms with Gasteiger partial charge >= 0.3 is 0 Å². The molecular formula is C14H19ClN4. The fourth-order valence-corrected chi connectivity index (χ4v) is 2.60. The standard InChI is InChI=1S/C14H19ClN4/c1-9-8-17-6-5-11(9)13(16-3)7-12-10(2)18-19(4)14(12)15/h5-6,8,13,16H,7H2,1-4H3.